The normalized spacial score (nSPS) is 23.0. The smallest absolute Gasteiger partial charge is 0.254 e. The number of benzene rings is 2. The third-order valence-corrected chi connectivity index (χ3v) is 5.95. The summed E-state index contributed by atoms with van der Waals surface area (Å²) in [6.07, 6.45) is 2.44. The van der Waals surface area contributed by atoms with Crippen LogP contribution in [0.2, 0.25) is 0 Å². The van der Waals surface area contributed by atoms with Gasteiger partial charge in [0, 0.05) is 18.7 Å². The maximum absolute atomic E-state index is 13.5. The molecule has 2 fully saturated rings. The van der Waals surface area contributed by atoms with E-state index >= 15 is 0 Å². The van der Waals surface area contributed by atoms with Gasteiger partial charge in [-0.1, -0.05) is 30.3 Å². The van der Waals surface area contributed by atoms with E-state index in [9.17, 15) is 4.79 Å². The number of aromatic amines is 1. The second-order valence-electron chi connectivity index (χ2n) is 7.80. The highest BCUT2D eigenvalue weighted by atomic mass is 16.5. The fourth-order valence-electron chi connectivity index (χ4n) is 4.52. The lowest BCUT2D eigenvalue weighted by molar-refractivity contribution is -0.0707. The molecular formula is C22H25N5O2. The molecule has 2 aliphatic rings. The van der Waals surface area contributed by atoms with E-state index in [2.05, 4.69) is 32.4 Å². The van der Waals surface area contributed by atoms with Crippen molar-refractivity contribution in [2.24, 2.45) is 0 Å². The van der Waals surface area contributed by atoms with Gasteiger partial charge >= 0.3 is 0 Å². The van der Waals surface area contributed by atoms with E-state index in [4.69, 9.17) is 4.74 Å². The number of morpholine rings is 1. The molecule has 5 rings (SSSR count). The van der Waals surface area contributed by atoms with Crippen LogP contribution in [0, 0.1) is 0 Å². The van der Waals surface area contributed by atoms with Crippen LogP contribution in [0.1, 0.15) is 34.8 Å². The molecule has 0 radical (unpaired) electrons. The van der Waals surface area contributed by atoms with Crippen LogP contribution in [0.25, 0.3) is 11.0 Å². The Morgan fingerprint density at radius 3 is 2.66 bits per heavy atom. The second kappa shape index (κ2) is 7.93. The minimum atomic E-state index is -0.106. The summed E-state index contributed by atoms with van der Waals surface area (Å²) in [5, 5.41) is 10.8. The minimum absolute atomic E-state index is 0.0125. The number of nitrogens with one attached hydrogen (secondary N) is 1. The van der Waals surface area contributed by atoms with E-state index in [-0.39, 0.29) is 18.1 Å². The SMILES string of the molecule is O=C(c1ccc2n[nH]nc2c1)N1CCO[C@@H](CN2CCCC2)[C@@H]1c1ccccc1. The third-order valence-electron chi connectivity index (χ3n) is 5.95. The number of nitrogens with zero attached hydrogens (tertiary/aromatic N) is 4. The number of ether oxygens (including phenoxy) is 1. The number of hydrogen-bond donors (Lipinski definition) is 1. The first-order valence-electron chi connectivity index (χ1n) is 10.3. The fourth-order valence-corrected chi connectivity index (χ4v) is 4.52. The van der Waals surface area contributed by atoms with E-state index in [0.29, 0.717) is 24.2 Å². The van der Waals surface area contributed by atoms with Crippen molar-refractivity contribution in [2.45, 2.75) is 25.0 Å². The molecule has 1 aromatic heterocycles. The van der Waals surface area contributed by atoms with Crippen LogP contribution in [0.5, 0.6) is 0 Å². The molecular weight excluding hydrogens is 366 g/mol. The van der Waals surface area contributed by atoms with Gasteiger partial charge < -0.3 is 14.5 Å². The molecule has 0 saturated carbocycles. The maximum atomic E-state index is 13.5. The summed E-state index contributed by atoms with van der Waals surface area (Å²) in [5.74, 6) is 0.0125. The van der Waals surface area contributed by atoms with E-state index < -0.39 is 0 Å². The van der Waals surface area contributed by atoms with Crippen molar-refractivity contribution in [3.63, 3.8) is 0 Å². The number of amides is 1. The molecule has 0 bridgehead atoms. The Morgan fingerprint density at radius 2 is 1.83 bits per heavy atom. The van der Waals surface area contributed by atoms with Crippen molar-refractivity contribution >= 4 is 16.9 Å². The quantitative estimate of drug-likeness (QED) is 0.740. The molecule has 2 saturated heterocycles. The Hall–Kier alpha value is -2.77. The van der Waals surface area contributed by atoms with Gasteiger partial charge in [0.25, 0.3) is 5.91 Å². The van der Waals surface area contributed by atoms with Crippen molar-refractivity contribution in [3.05, 3.63) is 59.7 Å². The fraction of sp³-hybridized carbons (Fsp3) is 0.409. The standard InChI is InChI=1S/C22H25N5O2/c28-22(17-8-9-18-19(14-17)24-25-23-18)27-12-13-29-20(15-26-10-4-5-11-26)21(27)16-6-2-1-3-7-16/h1-3,6-9,14,20-21H,4-5,10-13,15H2,(H,23,24,25)/t20-,21-/m0/s1. The number of aromatic nitrogens is 3. The highest BCUT2D eigenvalue weighted by molar-refractivity contribution is 5.97. The van der Waals surface area contributed by atoms with Gasteiger partial charge in [-0.05, 0) is 49.7 Å². The highest BCUT2D eigenvalue weighted by Gasteiger charge is 2.38. The summed E-state index contributed by atoms with van der Waals surface area (Å²) in [7, 11) is 0. The summed E-state index contributed by atoms with van der Waals surface area (Å²) < 4.78 is 6.22. The molecule has 3 aromatic rings. The molecule has 0 unspecified atom stereocenters. The van der Waals surface area contributed by atoms with Crippen molar-refractivity contribution in [1.29, 1.82) is 0 Å². The average Bonchev–Trinajstić information content (AvgIpc) is 3.45. The molecule has 7 nitrogen and oxygen atoms in total. The van der Waals surface area contributed by atoms with E-state index in [1.165, 1.54) is 12.8 Å². The van der Waals surface area contributed by atoms with Gasteiger partial charge in [-0.2, -0.15) is 15.4 Å². The lowest BCUT2D eigenvalue weighted by atomic mass is 9.96. The van der Waals surface area contributed by atoms with Crippen LogP contribution in [-0.2, 0) is 4.74 Å². The molecule has 29 heavy (non-hydrogen) atoms. The highest BCUT2D eigenvalue weighted by Crippen LogP contribution is 2.32. The molecule has 3 heterocycles. The summed E-state index contributed by atoms with van der Waals surface area (Å²) >= 11 is 0. The predicted molar refractivity (Wildman–Crippen MR) is 110 cm³/mol. The van der Waals surface area contributed by atoms with Crippen molar-refractivity contribution in [1.82, 2.24) is 25.2 Å². The topological polar surface area (TPSA) is 74.3 Å². The largest absolute Gasteiger partial charge is 0.373 e. The van der Waals surface area contributed by atoms with Gasteiger partial charge in [-0.15, -0.1) is 0 Å². The summed E-state index contributed by atoms with van der Waals surface area (Å²) in [5.41, 5.74) is 3.21. The number of likely N-dealkylation sites (tertiary alicyclic amines) is 1. The Kier molecular flexibility index (Phi) is 4.99. The van der Waals surface area contributed by atoms with Crippen molar-refractivity contribution in [2.75, 3.05) is 32.8 Å². The number of rotatable bonds is 4. The van der Waals surface area contributed by atoms with Crippen LogP contribution in [0.4, 0.5) is 0 Å². The van der Waals surface area contributed by atoms with Crippen molar-refractivity contribution < 1.29 is 9.53 Å². The van der Waals surface area contributed by atoms with Crippen LogP contribution < -0.4 is 0 Å². The van der Waals surface area contributed by atoms with E-state index in [0.717, 1.165) is 30.7 Å². The number of hydrogen-bond acceptors (Lipinski definition) is 5. The third kappa shape index (κ3) is 3.63. The van der Waals surface area contributed by atoms with Crippen LogP contribution in [0.3, 0.4) is 0 Å². The van der Waals surface area contributed by atoms with Crippen LogP contribution >= 0.6 is 0 Å². The van der Waals surface area contributed by atoms with Gasteiger partial charge in [-0.3, -0.25) is 4.79 Å². The molecule has 2 aromatic carbocycles. The molecule has 2 aliphatic heterocycles. The Balaban J connectivity index is 1.47. The number of fused-ring (bicyclic) bond motifs is 1. The van der Waals surface area contributed by atoms with Crippen LogP contribution in [0.15, 0.2) is 48.5 Å². The molecule has 1 N–H and O–H groups in total. The monoisotopic (exact) mass is 391 g/mol. The lowest BCUT2D eigenvalue weighted by Crippen LogP contribution is -2.51. The first kappa shape index (κ1) is 18.3. The zero-order valence-electron chi connectivity index (χ0n) is 16.3. The second-order valence-corrected chi connectivity index (χ2v) is 7.80. The predicted octanol–water partition coefficient (Wildman–Crippen LogP) is 2.64. The molecule has 2 atom stereocenters. The maximum Gasteiger partial charge on any atom is 0.254 e. The first-order valence-corrected chi connectivity index (χ1v) is 10.3. The Morgan fingerprint density at radius 1 is 1.03 bits per heavy atom. The van der Waals surface area contributed by atoms with Gasteiger partial charge in [0.1, 0.15) is 11.0 Å². The molecule has 7 heteroatoms. The van der Waals surface area contributed by atoms with Gasteiger partial charge in [-0.25, -0.2) is 0 Å². The number of H-pyrrole nitrogens is 1. The Bertz CT molecular complexity index is 983. The molecule has 150 valence electrons. The zero-order valence-corrected chi connectivity index (χ0v) is 16.3. The van der Waals surface area contributed by atoms with Gasteiger partial charge in [0.05, 0.1) is 18.8 Å². The van der Waals surface area contributed by atoms with E-state index in [1.807, 2.05) is 41.3 Å². The number of carbonyl (C=O) groups excluding carboxylic acids is 1. The lowest BCUT2D eigenvalue weighted by Gasteiger charge is -2.42. The average molecular weight is 391 g/mol. The van der Waals surface area contributed by atoms with Crippen molar-refractivity contribution in [3.8, 4) is 0 Å². The summed E-state index contributed by atoms with van der Waals surface area (Å²) in [6, 6.07) is 15.6. The zero-order chi connectivity index (χ0) is 19.6. The van der Waals surface area contributed by atoms with Gasteiger partial charge in [0.15, 0.2) is 0 Å². The Labute approximate surface area is 169 Å². The minimum Gasteiger partial charge on any atom is -0.373 e. The number of carbonyl (C=O) groups is 1. The van der Waals surface area contributed by atoms with Crippen LogP contribution in [-0.4, -0.2) is 70.0 Å². The van der Waals surface area contributed by atoms with E-state index in [1.54, 1.807) is 0 Å². The molecule has 1 amide bonds. The molecule has 0 aliphatic carbocycles. The first-order chi connectivity index (χ1) is 14.3. The summed E-state index contributed by atoms with van der Waals surface area (Å²) in [6.45, 7) is 4.20. The van der Waals surface area contributed by atoms with Gasteiger partial charge in [0.2, 0.25) is 0 Å². The molecule has 0 spiro atoms. The summed E-state index contributed by atoms with van der Waals surface area (Å²) in [4.78, 5) is 18.0.